The van der Waals surface area contributed by atoms with E-state index in [1.54, 1.807) is 25.5 Å². The van der Waals surface area contributed by atoms with Gasteiger partial charge in [-0.05, 0) is 42.5 Å². The van der Waals surface area contributed by atoms with Crippen molar-refractivity contribution >= 4 is 35.1 Å². The molecule has 3 aromatic carbocycles. The molecule has 3 aromatic rings. The number of halogens is 1. The quantitative estimate of drug-likeness (QED) is 0.515. The van der Waals surface area contributed by atoms with Gasteiger partial charge in [-0.3, -0.25) is 9.79 Å². The van der Waals surface area contributed by atoms with Crippen molar-refractivity contribution < 1.29 is 14.3 Å². The zero-order valence-electron chi connectivity index (χ0n) is 16.2. The van der Waals surface area contributed by atoms with Crippen molar-refractivity contribution in [2.75, 3.05) is 12.4 Å². The maximum atomic E-state index is 11.1. The standard InChI is InChI=1S/C23H21ClN2O3/c1-16(27)26-20-12-10-19(11-13-20)25-14-17-7-5-9-22(28-2)23(17)29-15-18-6-3-4-8-21(18)24/h3-14H,15H2,1-2H3,(H,26,27). The Labute approximate surface area is 175 Å². The lowest BCUT2D eigenvalue weighted by Gasteiger charge is -2.14. The van der Waals surface area contributed by atoms with Crippen molar-refractivity contribution in [1.29, 1.82) is 0 Å². The molecule has 0 atom stereocenters. The van der Waals surface area contributed by atoms with E-state index in [1.165, 1.54) is 6.92 Å². The van der Waals surface area contributed by atoms with Gasteiger partial charge in [0.05, 0.1) is 12.8 Å². The van der Waals surface area contributed by atoms with E-state index in [0.717, 1.165) is 22.5 Å². The van der Waals surface area contributed by atoms with Gasteiger partial charge >= 0.3 is 0 Å². The Balaban J connectivity index is 1.80. The van der Waals surface area contributed by atoms with Crippen LogP contribution in [0.2, 0.25) is 5.02 Å². The summed E-state index contributed by atoms with van der Waals surface area (Å²) >= 11 is 6.23. The van der Waals surface area contributed by atoms with Crippen LogP contribution in [0, 0.1) is 0 Å². The molecule has 5 nitrogen and oxygen atoms in total. The molecule has 0 bridgehead atoms. The minimum absolute atomic E-state index is 0.113. The van der Waals surface area contributed by atoms with Crippen molar-refractivity contribution in [3.05, 3.63) is 82.9 Å². The highest BCUT2D eigenvalue weighted by Crippen LogP contribution is 2.32. The van der Waals surface area contributed by atoms with Crippen LogP contribution in [0.4, 0.5) is 11.4 Å². The fourth-order valence-electron chi connectivity index (χ4n) is 2.69. The minimum Gasteiger partial charge on any atom is -0.493 e. The third kappa shape index (κ3) is 5.59. The maximum Gasteiger partial charge on any atom is 0.221 e. The zero-order valence-corrected chi connectivity index (χ0v) is 16.9. The van der Waals surface area contributed by atoms with E-state index in [-0.39, 0.29) is 5.91 Å². The van der Waals surface area contributed by atoms with Crippen LogP contribution in [-0.4, -0.2) is 19.2 Å². The molecule has 0 spiro atoms. The minimum atomic E-state index is -0.113. The number of para-hydroxylation sites is 1. The molecule has 0 radical (unpaired) electrons. The monoisotopic (exact) mass is 408 g/mol. The van der Waals surface area contributed by atoms with Gasteiger partial charge in [0, 0.05) is 35.0 Å². The Bertz CT molecular complexity index is 1020. The Hall–Kier alpha value is -3.31. The highest BCUT2D eigenvalue weighted by molar-refractivity contribution is 6.31. The number of benzene rings is 3. The van der Waals surface area contributed by atoms with Gasteiger partial charge < -0.3 is 14.8 Å². The number of anilines is 1. The number of amides is 1. The highest BCUT2D eigenvalue weighted by atomic mass is 35.5. The molecular formula is C23H21ClN2O3. The van der Waals surface area contributed by atoms with Crippen LogP contribution < -0.4 is 14.8 Å². The van der Waals surface area contributed by atoms with Crippen LogP contribution in [0.1, 0.15) is 18.1 Å². The normalized spacial score (nSPS) is 10.7. The predicted octanol–water partition coefficient (Wildman–Crippen LogP) is 5.64. The predicted molar refractivity (Wildman–Crippen MR) is 117 cm³/mol. The first kappa shape index (κ1) is 20.4. The molecule has 0 aliphatic carbocycles. The Morgan fingerprint density at radius 3 is 2.52 bits per heavy atom. The third-order valence-corrected chi connectivity index (χ3v) is 4.47. The Morgan fingerprint density at radius 1 is 1.07 bits per heavy atom. The fourth-order valence-corrected chi connectivity index (χ4v) is 2.88. The van der Waals surface area contributed by atoms with E-state index in [1.807, 2.05) is 54.6 Å². The lowest BCUT2D eigenvalue weighted by molar-refractivity contribution is -0.114. The average molecular weight is 409 g/mol. The molecule has 1 N–H and O–H groups in total. The van der Waals surface area contributed by atoms with Gasteiger partial charge in [-0.25, -0.2) is 0 Å². The number of methoxy groups -OCH3 is 1. The van der Waals surface area contributed by atoms with E-state index >= 15 is 0 Å². The average Bonchev–Trinajstić information content (AvgIpc) is 2.72. The van der Waals surface area contributed by atoms with Crippen molar-refractivity contribution in [3.63, 3.8) is 0 Å². The van der Waals surface area contributed by atoms with E-state index in [0.29, 0.717) is 23.1 Å². The summed E-state index contributed by atoms with van der Waals surface area (Å²) in [4.78, 5) is 15.6. The summed E-state index contributed by atoms with van der Waals surface area (Å²) in [6.45, 7) is 1.78. The molecule has 29 heavy (non-hydrogen) atoms. The molecule has 0 saturated heterocycles. The molecular weight excluding hydrogens is 388 g/mol. The number of nitrogens with one attached hydrogen (secondary N) is 1. The lowest BCUT2D eigenvalue weighted by atomic mass is 10.2. The van der Waals surface area contributed by atoms with Gasteiger partial charge in [-0.15, -0.1) is 0 Å². The second-order valence-electron chi connectivity index (χ2n) is 6.24. The molecule has 0 aromatic heterocycles. The van der Waals surface area contributed by atoms with Gasteiger partial charge in [0.2, 0.25) is 5.91 Å². The third-order valence-electron chi connectivity index (χ3n) is 4.10. The van der Waals surface area contributed by atoms with E-state index in [9.17, 15) is 4.79 Å². The highest BCUT2D eigenvalue weighted by Gasteiger charge is 2.10. The second-order valence-corrected chi connectivity index (χ2v) is 6.65. The summed E-state index contributed by atoms with van der Waals surface area (Å²) in [5, 5.41) is 3.38. The molecule has 0 aliphatic rings. The first-order chi connectivity index (χ1) is 14.1. The van der Waals surface area contributed by atoms with Gasteiger partial charge in [-0.2, -0.15) is 0 Å². The molecule has 0 aliphatic heterocycles. The van der Waals surface area contributed by atoms with Crippen LogP contribution >= 0.6 is 11.6 Å². The summed E-state index contributed by atoms with van der Waals surface area (Å²) in [6.07, 6.45) is 1.72. The number of ether oxygens (including phenoxy) is 2. The summed E-state index contributed by atoms with van der Waals surface area (Å²) in [7, 11) is 1.60. The SMILES string of the molecule is COc1cccc(C=Nc2ccc(NC(C)=O)cc2)c1OCc1ccccc1Cl. The number of carbonyl (C=O) groups is 1. The summed E-state index contributed by atoms with van der Waals surface area (Å²) in [6, 6.07) is 20.4. The van der Waals surface area contributed by atoms with Gasteiger partial charge in [0.1, 0.15) is 6.61 Å². The van der Waals surface area contributed by atoms with Crippen molar-refractivity contribution in [2.45, 2.75) is 13.5 Å². The van der Waals surface area contributed by atoms with Crippen molar-refractivity contribution in [3.8, 4) is 11.5 Å². The first-order valence-corrected chi connectivity index (χ1v) is 9.39. The number of rotatable bonds is 7. The summed E-state index contributed by atoms with van der Waals surface area (Å²) < 4.78 is 11.5. The van der Waals surface area contributed by atoms with Crippen LogP contribution in [0.3, 0.4) is 0 Å². The molecule has 6 heteroatoms. The van der Waals surface area contributed by atoms with Crippen molar-refractivity contribution in [1.82, 2.24) is 0 Å². The smallest absolute Gasteiger partial charge is 0.221 e. The van der Waals surface area contributed by atoms with Crippen LogP contribution in [0.5, 0.6) is 11.5 Å². The zero-order chi connectivity index (χ0) is 20.6. The molecule has 148 valence electrons. The lowest BCUT2D eigenvalue weighted by Crippen LogP contribution is -2.04. The van der Waals surface area contributed by atoms with Crippen LogP contribution in [0.15, 0.2) is 71.7 Å². The maximum absolute atomic E-state index is 11.1. The Morgan fingerprint density at radius 2 is 1.83 bits per heavy atom. The number of hydrogen-bond acceptors (Lipinski definition) is 4. The van der Waals surface area contributed by atoms with E-state index in [2.05, 4.69) is 10.3 Å². The number of carbonyl (C=O) groups excluding carboxylic acids is 1. The van der Waals surface area contributed by atoms with E-state index < -0.39 is 0 Å². The van der Waals surface area contributed by atoms with Crippen LogP contribution in [-0.2, 0) is 11.4 Å². The topological polar surface area (TPSA) is 59.9 Å². The molecule has 0 fully saturated rings. The summed E-state index contributed by atoms with van der Waals surface area (Å²) in [5.41, 5.74) is 3.14. The van der Waals surface area contributed by atoms with Gasteiger partial charge in [-0.1, -0.05) is 35.9 Å². The molecule has 0 saturated carbocycles. The molecule has 0 unspecified atom stereocenters. The first-order valence-electron chi connectivity index (χ1n) is 9.02. The number of aliphatic imine (C=N–C) groups is 1. The van der Waals surface area contributed by atoms with Gasteiger partial charge in [0.25, 0.3) is 0 Å². The van der Waals surface area contributed by atoms with Crippen molar-refractivity contribution in [2.24, 2.45) is 4.99 Å². The summed E-state index contributed by atoms with van der Waals surface area (Å²) in [5.74, 6) is 1.09. The fraction of sp³-hybridized carbons (Fsp3) is 0.130. The molecule has 3 rings (SSSR count). The Kier molecular flexibility index (Phi) is 6.87. The molecule has 0 heterocycles. The molecule has 1 amide bonds. The number of nitrogens with zero attached hydrogens (tertiary/aromatic N) is 1. The van der Waals surface area contributed by atoms with Crippen LogP contribution in [0.25, 0.3) is 0 Å². The largest absolute Gasteiger partial charge is 0.493 e. The van der Waals surface area contributed by atoms with Gasteiger partial charge in [0.15, 0.2) is 11.5 Å². The number of hydrogen-bond donors (Lipinski definition) is 1. The van der Waals surface area contributed by atoms with E-state index in [4.69, 9.17) is 21.1 Å². The second kappa shape index (κ2) is 9.75.